The number of ether oxygens (including phenoxy) is 1. The van der Waals surface area contributed by atoms with E-state index in [2.05, 4.69) is 24.1 Å². The van der Waals surface area contributed by atoms with Gasteiger partial charge in [0.2, 0.25) is 0 Å². The number of benzene rings is 1. The minimum atomic E-state index is -0.274. The van der Waals surface area contributed by atoms with Crippen LogP contribution in [0.4, 0.5) is 10.5 Å². The molecular weight excluding hydrogens is 318 g/mol. The van der Waals surface area contributed by atoms with E-state index in [1.165, 1.54) is 0 Å². The Morgan fingerprint density at radius 2 is 1.68 bits per heavy atom. The van der Waals surface area contributed by atoms with E-state index in [-0.39, 0.29) is 18.4 Å². The summed E-state index contributed by atoms with van der Waals surface area (Å²) < 4.78 is 4.96. The molecule has 0 unspecified atom stereocenters. The van der Waals surface area contributed by atoms with Gasteiger partial charge in [-0.2, -0.15) is 0 Å². The van der Waals surface area contributed by atoms with Gasteiger partial charge in [0.25, 0.3) is 0 Å². The fraction of sp³-hybridized carbons (Fsp3) is 0.579. The molecule has 0 saturated carbocycles. The van der Waals surface area contributed by atoms with Crippen molar-refractivity contribution in [1.82, 2.24) is 9.80 Å². The molecule has 6 nitrogen and oxygen atoms in total. The van der Waals surface area contributed by atoms with Crippen molar-refractivity contribution in [2.24, 2.45) is 0 Å². The first-order chi connectivity index (χ1) is 12.1. The summed E-state index contributed by atoms with van der Waals surface area (Å²) in [6, 6.07) is 9.15. The Labute approximate surface area is 151 Å². The fourth-order valence-corrected chi connectivity index (χ4v) is 2.52. The third kappa shape index (κ3) is 8.54. The molecule has 0 aromatic heterocycles. The van der Waals surface area contributed by atoms with Crippen LogP contribution in [0.1, 0.15) is 33.6 Å². The fourth-order valence-electron chi connectivity index (χ4n) is 2.52. The van der Waals surface area contributed by atoms with E-state index in [4.69, 9.17) is 4.74 Å². The molecular formula is C19H31N3O3. The number of carbonyl (C=O) groups excluding carboxylic acids is 2. The van der Waals surface area contributed by atoms with Gasteiger partial charge in [-0.25, -0.2) is 4.79 Å². The van der Waals surface area contributed by atoms with Crippen LogP contribution in [0, 0.1) is 0 Å². The van der Waals surface area contributed by atoms with Gasteiger partial charge in [-0.3, -0.25) is 4.79 Å². The highest BCUT2D eigenvalue weighted by molar-refractivity contribution is 5.89. The minimum absolute atomic E-state index is 0.185. The Bertz CT molecular complexity index is 504. The summed E-state index contributed by atoms with van der Waals surface area (Å²) in [6.45, 7) is 10.3. The van der Waals surface area contributed by atoms with E-state index in [0.717, 1.165) is 31.7 Å². The predicted molar refractivity (Wildman–Crippen MR) is 101 cm³/mol. The summed E-state index contributed by atoms with van der Waals surface area (Å²) in [5, 5.41) is 2.89. The third-order valence-electron chi connectivity index (χ3n) is 4.00. The number of anilines is 1. The van der Waals surface area contributed by atoms with Crippen molar-refractivity contribution in [2.75, 3.05) is 44.6 Å². The molecule has 0 aliphatic carbocycles. The molecule has 0 spiro atoms. The predicted octanol–water partition coefficient (Wildman–Crippen LogP) is 3.21. The van der Waals surface area contributed by atoms with Gasteiger partial charge in [0, 0.05) is 18.8 Å². The monoisotopic (exact) mass is 349 g/mol. The van der Waals surface area contributed by atoms with Gasteiger partial charge in [-0.15, -0.1) is 0 Å². The van der Waals surface area contributed by atoms with Crippen molar-refractivity contribution < 1.29 is 14.3 Å². The highest BCUT2D eigenvalue weighted by Crippen LogP contribution is 2.08. The van der Waals surface area contributed by atoms with Gasteiger partial charge < -0.3 is 19.9 Å². The summed E-state index contributed by atoms with van der Waals surface area (Å²) in [7, 11) is 0. The van der Waals surface area contributed by atoms with Crippen molar-refractivity contribution in [3.8, 4) is 0 Å². The first kappa shape index (κ1) is 21.0. The molecule has 1 N–H and O–H groups in total. The van der Waals surface area contributed by atoms with E-state index in [0.29, 0.717) is 19.7 Å². The number of esters is 1. The van der Waals surface area contributed by atoms with Crippen LogP contribution < -0.4 is 5.32 Å². The third-order valence-corrected chi connectivity index (χ3v) is 4.00. The zero-order chi connectivity index (χ0) is 18.5. The van der Waals surface area contributed by atoms with Gasteiger partial charge in [0.1, 0.15) is 0 Å². The normalized spacial score (nSPS) is 10.6. The second kappa shape index (κ2) is 12.3. The van der Waals surface area contributed by atoms with Crippen molar-refractivity contribution in [2.45, 2.75) is 33.6 Å². The number of nitrogens with zero attached hydrogens (tertiary/aromatic N) is 2. The molecule has 0 aliphatic rings. The average molecular weight is 349 g/mol. The number of urea groups is 1. The molecule has 0 bridgehead atoms. The van der Waals surface area contributed by atoms with Gasteiger partial charge in [0.15, 0.2) is 0 Å². The maximum Gasteiger partial charge on any atom is 0.321 e. The van der Waals surface area contributed by atoms with Gasteiger partial charge in [-0.1, -0.05) is 32.0 Å². The zero-order valence-corrected chi connectivity index (χ0v) is 15.7. The molecule has 0 fully saturated rings. The van der Waals surface area contributed by atoms with E-state index >= 15 is 0 Å². The van der Waals surface area contributed by atoms with Gasteiger partial charge >= 0.3 is 12.0 Å². The van der Waals surface area contributed by atoms with Crippen LogP contribution in [0.5, 0.6) is 0 Å². The topological polar surface area (TPSA) is 61.9 Å². The number of para-hydroxylation sites is 1. The minimum Gasteiger partial charge on any atom is -0.466 e. The first-order valence-electron chi connectivity index (χ1n) is 9.09. The lowest BCUT2D eigenvalue weighted by atomic mass is 10.3. The Kier molecular flexibility index (Phi) is 10.3. The molecule has 6 heteroatoms. The van der Waals surface area contributed by atoms with E-state index in [9.17, 15) is 9.59 Å². The first-order valence-corrected chi connectivity index (χ1v) is 9.09. The number of carbonyl (C=O) groups is 2. The lowest BCUT2D eigenvalue weighted by Crippen LogP contribution is -2.38. The van der Waals surface area contributed by atoms with Crippen LogP contribution in [0.2, 0.25) is 0 Å². The number of hydrogen-bond donors (Lipinski definition) is 1. The van der Waals surface area contributed by atoms with Gasteiger partial charge in [0.05, 0.1) is 13.0 Å². The van der Waals surface area contributed by atoms with Crippen LogP contribution in [-0.2, 0) is 9.53 Å². The SMILES string of the molecule is CCOC(=O)CCN(CCCN(CC)CC)C(=O)Nc1ccccc1. The Hall–Kier alpha value is -2.08. The highest BCUT2D eigenvalue weighted by Gasteiger charge is 2.16. The highest BCUT2D eigenvalue weighted by atomic mass is 16.5. The smallest absolute Gasteiger partial charge is 0.321 e. The molecule has 0 atom stereocenters. The lowest BCUT2D eigenvalue weighted by molar-refractivity contribution is -0.143. The number of hydrogen-bond acceptors (Lipinski definition) is 4. The Balaban J connectivity index is 2.59. The van der Waals surface area contributed by atoms with E-state index in [1.807, 2.05) is 30.3 Å². The second-order valence-electron chi connectivity index (χ2n) is 5.72. The maximum absolute atomic E-state index is 12.5. The second-order valence-corrected chi connectivity index (χ2v) is 5.72. The quantitative estimate of drug-likeness (QED) is 0.623. The van der Waals surface area contributed by atoms with Crippen LogP contribution >= 0.6 is 0 Å². The summed E-state index contributed by atoms with van der Waals surface area (Å²) in [6.07, 6.45) is 1.08. The van der Waals surface area contributed by atoms with Crippen molar-refractivity contribution in [1.29, 1.82) is 0 Å². The van der Waals surface area contributed by atoms with Crippen LogP contribution in [0.25, 0.3) is 0 Å². The van der Waals surface area contributed by atoms with E-state index < -0.39 is 0 Å². The molecule has 2 amide bonds. The van der Waals surface area contributed by atoms with Crippen LogP contribution in [0.3, 0.4) is 0 Å². The maximum atomic E-state index is 12.5. The zero-order valence-electron chi connectivity index (χ0n) is 15.7. The molecule has 0 saturated heterocycles. The summed E-state index contributed by atoms with van der Waals surface area (Å²) in [5.74, 6) is -0.274. The van der Waals surface area contributed by atoms with E-state index in [1.54, 1.807) is 11.8 Å². The lowest BCUT2D eigenvalue weighted by Gasteiger charge is -2.25. The molecule has 0 aliphatic heterocycles. The average Bonchev–Trinajstić information content (AvgIpc) is 2.62. The number of amides is 2. The summed E-state index contributed by atoms with van der Waals surface area (Å²) >= 11 is 0. The van der Waals surface area contributed by atoms with Crippen molar-refractivity contribution in [3.05, 3.63) is 30.3 Å². The molecule has 1 aromatic rings. The van der Waals surface area contributed by atoms with Crippen LogP contribution in [0.15, 0.2) is 30.3 Å². The molecule has 0 heterocycles. The summed E-state index contributed by atoms with van der Waals surface area (Å²) in [4.78, 5) is 28.2. The Morgan fingerprint density at radius 3 is 2.28 bits per heavy atom. The Morgan fingerprint density at radius 1 is 1.00 bits per heavy atom. The van der Waals surface area contributed by atoms with Crippen molar-refractivity contribution in [3.63, 3.8) is 0 Å². The number of nitrogens with one attached hydrogen (secondary N) is 1. The molecule has 0 radical (unpaired) electrons. The summed E-state index contributed by atoms with van der Waals surface area (Å²) in [5.41, 5.74) is 0.748. The van der Waals surface area contributed by atoms with Crippen molar-refractivity contribution >= 4 is 17.7 Å². The molecule has 140 valence electrons. The largest absolute Gasteiger partial charge is 0.466 e. The number of rotatable bonds is 11. The standard InChI is InChI=1S/C19H31N3O3/c1-4-21(5-2)14-10-15-22(16-13-18(23)25-6-3)19(24)20-17-11-8-7-9-12-17/h7-9,11-12H,4-6,10,13-16H2,1-3H3,(H,20,24). The molecule has 25 heavy (non-hydrogen) atoms. The van der Waals surface area contributed by atoms with Crippen LogP contribution in [-0.4, -0.2) is 61.1 Å². The molecule has 1 rings (SSSR count). The van der Waals surface area contributed by atoms with Gasteiger partial charge in [-0.05, 0) is 45.1 Å². The molecule has 1 aromatic carbocycles.